The molecule has 2 aliphatic rings. The van der Waals surface area contributed by atoms with Gasteiger partial charge in [0, 0.05) is 26.6 Å². The van der Waals surface area contributed by atoms with E-state index in [9.17, 15) is 9.59 Å². The lowest BCUT2D eigenvalue weighted by molar-refractivity contribution is -0.133. The van der Waals surface area contributed by atoms with Crippen molar-refractivity contribution in [1.82, 2.24) is 4.90 Å². The average Bonchev–Trinajstić information content (AvgIpc) is 3.28. The number of methoxy groups -OCH3 is 1. The molecular formula is C31H39NO5S. The quantitative estimate of drug-likeness (QED) is 0.247. The third-order valence-electron chi connectivity index (χ3n) is 7.25. The number of hydrogen-bond acceptors (Lipinski definition) is 7. The van der Waals surface area contributed by atoms with Crippen molar-refractivity contribution in [3.63, 3.8) is 0 Å². The Morgan fingerprint density at radius 2 is 1.74 bits per heavy atom. The molecule has 7 heteroatoms. The maximum atomic E-state index is 13.5. The largest absolute Gasteiger partial charge is 0.379 e. The highest BCUT2D eigenvalue weighted by Crippen LogP contribution is 2.34. The van der Waals surface area contributed by atoms with Gasteiger partial charge in [-0.1, -0.05) is 78.5 Å². The van der Waals surface area contributed by atoms with Crippen molar-refractivity contribution < 1.29 is 23.8 Å². The van der Waals surface area contributed by atoms with Gasteiger partial charge in [-0.2, -0.15) is 0 Å². The Labute approximate surface area is 230 Å². The molecule has 2 aromatic rings. The lowest BCUT2D eigenvalue weighted by atomic mass is 9.95. The number of allylic oxidation sites excluding steroid dienone is 2. The number of morpholine rings is 1. The summed E-state index contributed by atoms with van der Waals surface area (Å²) in [5, 5.41) is 0.153. The van der Waals surface area contributed by atoms with Crippen molar-refractivity contribution in [2.75, 3.05) is 39.4 Å². The van der Waals surface area contributed by atoms with Crippen LogP contribution in [0.5, 0.6) is 0 Å². The summed E-state index contributed by atoms with van der Waals surface area (Å²) in [7, 11) is 1.59. The zero-order valence-electron chi connectivity index (χ0n) is 22.3. The highest BCUT2D eigenvalue weighted by molar-refractivity contribution is 8.13. The number of benzene rings is 2. The Morgan fingerprint density at radius 3 is 2.47 bits per heavy atom. The van der Waals surface area contributed by atoms with Crippen LogP contribution in [0.2, 0.25) is 0 Å². The van der Waals surface area contributed by atoms with E-state index in [0.717, 1.165) is 44.3 Å². The van der Waals surface area contributed by atoms with Crippen LogP contribution >= 0.6 is 11.8 Å². The molecule has 3 atom stereocenters. The van der Waals surface area contributed by atoms with Gasteiger partial charge in [0.15, 0.2) is 10.9 Å². The predicted octanol–water partition coefficient (Wildman–Crippen LogP) is 5.51. The van der Waals surface area contributed by atoms with Crippen LogP contribution in [0, 0.1) is 5.92 Å². The van der Waals surface area contributed by atoms with Gasteiger partial charge >= 0.3 is 0 Å². The molecule has 38 heavy (non-hydrogen) atoms. The van der Waals surface area contributed by atoms with E-state index in [0.29, 0.717) is 32.2 Å². The van der Waals surface area contributed by atoms with Crippen LogP contribution in [0.25, 0.3) is 11.1 Å². The van der Waals surface area contributed by atoms with Crippen LogP contribution in [0.3, 0.4) is 0 Å². The lowest BCUT2D eigenvalue weighted by Gasteiger charge is -2.34. The van der Waals surface area contributed by atoms with Crippen molar-refractivity contribution in [2.45, 2.75) is 50.9 Å². The highest BCUT2D eigenvalue weighted by Gasteiger charge is 2.45. The molecule has 0 spiro atoms. The van der Waals surface area contributed by atoms with Gasteiger partial charge in [0.2, 0.25) is 0 Å². The van der Waals surface area contributed by atoms with Gasteiger partial charge in [-0.15, -0.1) is 0 Å². The Balaban J connectivity index is 1.30. The second-order valence-electron chi connectivity index (χ2n) is 9.86. The molecule has 2 fully saturated rings. The summed E-state index contributed by atoms with van der Waals surface area (Å²) in [5.74, 6) is 0.876. The molecule has 1 unspecified atom stereocenters. The van der Waals surface area contributed by atoms with Gasteiger partial charge in [0.05, 0.1) is 31.8 Å². The fourth-order valence-electron chi connectivity index (χ4n) is 5.27. The number of carbonyl (C=O) groups excluding carboxylic acids is 2. The van der Waals surface area contributed by atoms with Crippen molar-refractivity contribution in [2.24, 2.45) is 5.92 Å². The molecule has 6 nitrogen and oxygen atoms in total. The standard InChI is InChI=1S/C31H39NO5S/c1-35-23-38-29(33)12-8-3-2-5-11-27-21-28(31(34)30(27)32-17-19-36-20-18-32)37-22-24-13-15-26(16-14-24)25-9-6-4-7-10-25/h2-4,6-7,9-10,13-16,27-28,30H,5,8,11-12,17-23H2,1H3/t27-,28?,30+/m1/s1. The topological polar surface area (TPSA) is 65.1 Å². The Hall–Kier alpha value is -2.29. The summed E-state index contributed by atoms with van der Waals surface area (Å²) < 4.78 is 16.7. The molecule has 1 saturated heterocycles. The fraction of sp³-hybridized carbons (Fsp3) is 0.484. The maximum Gasteiger partial charge on any atom is 0.191 e. The first kappa shape index (κ1) is 28.7. The predicted molar refractivity (Wildman–Crippen MR) is 152 cm³/mol. The normalized spacial score (nSPS) is 22.3. The maximum absolute atomic E-state index is 13.5. The molecule has 0 aromatic heterocycles. The number of nitrogens with zero attached hydrogens (tertiary/aromatic N) is 1. The van der Waals surface area contributed by atoms with Crippen LogP contribution in [-0.4, -0.2) is 67.3 Å². The molecule has 0 amide bonds. The van der Waals surface area contributed by atoms with E-state index in [-0.39, 0.29) is 29.0 Å². The Morgan fingerprint density at radius 1 is 1.03 bits per heavy atom. The number of ketones is 1. The van der Waals surface area contributed by atoms with Gasteiger partial charge in [0.1, 0.15) is 6.10 Å². The first-order valence-corrected chi connectivity index (χ1v) is 14.6. The molecule has 4 rings (SSSR count). The number of ether oxygens (including phenoxy) is 3. The van der Waals surface area contributed by atoms with Crippen molar-refractivity contribution in [1.29, 1.82) is 0 Å². The minimum atomic E-state index is -0.374. The molecular weight excluding hydrogens is 498 g/mol. The van der Waals surface area contributed by atoms with Gasteiger partial charge in [0.25, 0.3) is 0 Å². The molecule has 1 aliphatic heterocycles. The van der Waals surface area contributed by atoms with E-state index in [2.05, 4.69) is 53.5 Å². The first-order valence-electron chi connectivity index (χ1n) is 13.6. The summed E-state index contributed by atoms with van der Waals surface area (Å²) >= 11 is 1.22. The highest BCUT2D eigenvalue weighted by atomic mass is 32.2. The lowest BCUT2D eigenvalue weighted by Crippen LogP contribution is -2.49. The number of carbonyl (C=O) groups is 2. The van der Waals surface area contributed by atoms with Crippen LogP contribution in [-0.2, 0) is 30.4 Å². The van der Waals surface area contributed by atoms with Crippen LogP contribution in [0.4, 0.5) is 0 Å². The number of hydrogen-bond donors (Lipinski definition) is 0. The summed E-state index contributed by atoms with van der Waals surface area (Å²) in [4.78, 5) is 27.6. The molecule has 2 aromatic carbocycles. The Bertz CT molecular complexity index is 1040. The number of thioether (sulfide) groups is 1. The van der Waals surface area contributed by atoms with Crippen LogP contribution in [0.1, 0.15) is 37.7 Å². The zero-order valence-corrected chi connectivity index (χ0v) is 23.1. The van der Waals surface area contributed by atoms with Gasteiger partial charge in [-0.05, 0) is 48.3 Å². The molecule has 0 bridgehead atoms. The van der Waals surface area contributed by atoms with E-state index in [4.69, 9.17) is 14.2 Å². The van der Waals surface area contributed by atoms with E-state index in [1.165, 1.54) is 22.9 Å². The second-order valence-corrected chi connectivity index (χ2v) is 10.8. The third-order valence-corrected chi connectivity index (χ3v) is 8.13. The summed E-state index contributed by atoms with van der Waals surface area (Å²) in [6.07, 6.45) is 7.69. The molecule has 0 radical (unpaired) electrons. The molecule has 1 heterocycles. The first-order chi connectivity index (χ1) is 18.7. The Kier molecular flexibility index (Phi) is 11.6. The minimum Gasteiger partial charge on any atom is -0.379 e. The minimum absolute atomic E-state index is 0.107. The number of rotatable bonds is 13. The zero-order chi connectivity index (χ0) is 26.6. The molecule has 204 valence electrons. The van der Waals surface area contributed by atoms with Gasteiger partial charge in [-0.25, -0.2) is 0 Å². The third kappa shape index (κ3) is 8.35. The summed E-state index contributed by atoms with van der Waals surface area (Å²) in [6, 6.07) is 18.6. The molecule has 0 N–H and O–H groups in total. The number of Topliss-reactive ketones (excluding diaryl/α,β-unsaturated/α-hetero) is 1. The van der Waals surface area contributed by atoms with Crippen LogP contribution in [0.15, 0.2) is 66.7 Å². The average molecular weight is 538 g/mol. The van der Waals surface area contributed by atoms with Crippen molar-refractivity contribution >= 4 is 22.7 Å². The molecule has 1 aliphatic carbocycles. The van der Waals surface area contributed by atoms with E-state index in [1.807, 2.05) is 18.2 Å². The summed E-state index contributed by atoms with van der Waals surface area (Å²) in [6.45, 7) is 3.36. The van der Waals surface area contributed by atoms with Crippen LogP contribution < -0.4 is 0 Å². The molecule has 1 saturated carbocycles. The van der Waals surface area contributed by atoms with E-state index < -0.39 is 0 Å². The van der Waals surface area contributed by atoms with Gasteiger partial charge < -0.3 is 14.2 Å². The SMILES string of the molecule is COCSC(=O)CCC=CCC[C@@H]1CC(OCc2ccc(-c3ccccc3)cc2)C(=O)[C@H]1N1CCOCC1. The fourth-order valence-corrected chi connectivity index (χ4v) is 5.78. The van der Waals surface area contributed by atoms with E-state index in [1.54, 1.807) is 7.11 Å². The van der Waals surface area contributed by atoms with Crippen molar-refractivity contribution in [3.05, 3.63) is 72.3 Å². The van der Waals surface area contributed by atoms with Crippen molar-refractivity contribution in [3.8, 4) is 11.1 Å². The van der Waals surface area contributed by atoms with Gasteiger partial charge in [-0.3, -0.25) is 14.5 Å². The summed E-state index contributed by atoms with van der Waals surface area (Å²) in [5.41, 5.74) is 3.43. The smallest absolute Gasteiger partial charge is 0.191 e. The monoisotopic (exact) mass is 537 g/mol. The second kappa shape index (κ2) is 15.3. The van der Waals surface area contributed by atoms with E-state index >= 15 is 0 Å².